The molecule has 0 amide bonds. The highest BCUT2D eigenvalue weighted by molar-refractivity contribution is 6.31. The van der Waals surface area contributed by atoms with Gasteiger partial charge in [-0.3, -0.25) is 0 Å². The van der Waals surface area contributed by atoms with Gasteiger partial charge in [0, 0.05) is 10.6 Å². The highest BCUT2D eigenvalue weighted by Crippen LogP contribution is 2.34. The third-order valence-corrected chi connectivity index (χ3v) is 2.66. The quantitative estimate of drug-likeness (QED) is 0.841. The zero-order chi connectivity index (χ0) is 11.5. The molecular formula is C12H17ClFN. The number of hydrogen-bond acceptors (Lipinski definition) is 1. The van der Waals surface area contributed by atoms with Crippen LogP contribution in [0.5, 0.6) is 0 Å². The van der Waals surface area contributed by atoms with Crippen LogP contribution in [-0.2, 0) is 12.1 Å². The van der Waals surface area contributed by atoms with E-state index in [9.17, 15) is 4.39 Å². The smallest absolute Gasteiger partial charge is 0.132 e. The van der Waals surface area contributed by atoms with Gasteiger partial charge in [-0.15, -0.1) is 0 Å². The number of benzene rings is 1. The van der Waals surface area contributed by atoms with Crippen LogP contribution >= 0.6 is 11.6 Å². The topological polar surface area (TPSA) is 26.0 Å². The Labute approximate surface area is 95.4 Å². The largest absolute Gasteiger partial charge is 0.330 e. The molecule has 0 aliphatic rings. The van der Waals surface area contributed by atoms with Crippen LogP contribution < -0.4 is 5.73 Å². The van der Waals surface area contributed by atoms with Crippen molar-refractivity contribution in [1.29, 1.82) is 0 Å². The molecule has 84 valence electrons. The molecule has 1 aromatic rings. The van der Waals surface area contributed by atoms with Gasteiger partial charge in [-0.1, -0.05) is 23.7 Å². The van der Waals surface area contributed by atoms with Crippen LogP contribution in [0.25, 0.3) is 0 Å². The molecule has 0 bridgehead atoms. The molecule has 0 aromatic heterocycles. The van der Waals surface area contributed by atoms with Crippen molar-refractivity contribution in [1.82, 2.24) is 0 Å². The van der Waals surface area contributed by atoms with Crippen LogP contribution in [-0.4, -0.2) is 6.54 Å². The first-order valence-electron chi connectivity index (χ1n) is 5.13. The lowest BCUT2D eigenvalue weighted by Crippen LogP contribution is -2.14. The Bertz CT molecular complexity index is 331. The van der Waals surface area contributed by atoms with Crippen molar-refractivity contribution in [2.45, 2.75) is 32.4 Å². The maximum Gasteiger partial charge on any atom is 0.132 e. The Kier molecular flexibility index (Phi) is 4.12. The van der Waals surface area contributed by atoms with Gasteiger partial charge in [-0.05, 0) is 44.9 Å². The number of rotatable bonds is 4. The van der Waals surface area contributed by atoms with E-state index in [0.717, 1.165) is 18.4 Å². The fraction of sp³-hybridized carbons (Fsp3) is 0.500. The zero-order valence-corrected chi connectivity index (χ0v) is 9.94. The minimum absolute atomic E-state index is 0.497. The molecule has 0 saturated heterocycles. The average molecular weight is 230 g/mol. The van der Waals surface area contributed by atoms with E-state index in [1.54, 1.807) is 6.07 Å². The maximum absolute atomic E-state index is 14.0. The number of hydrogen-bond donors (Lipinski definition) is 1. The monoisotopic (exact) mass is 229 g/mol. The summed E-state index contributed by atoms with van der Waals surface area (Å²) >= 11 is 6.02. The minimum atomic E-state index is -1.40. The Hall–Kier alpha value is -0.600. The SMILES string of the molecule is CC(C)(F)c1c(Cl)cccc1CCCN. The van der Waals surface area contributed by atoms with E-state index in [-0.39, 0.29) is 0 Å². The van der Waals surface area contributed by atoms with Crippen LogP contribution in [0.3, 0.4) is 0 Å². The summed E-state index contributed by atoms with van der Waals surface area (Å²) in [7, 11) is 0. The van der Waals surface area contributed by atoms with Crippen LogP contribution in [0.1, 0.15) is 31.4 Å². The Morgan fingerprint density at radius 1 is 1.40 bits per heavy atom. The first kappa shape index (κ1) is 12.5. The lowest BCUT2D eigenvalue weighted by Gasteiger charge is -2.20. The first-order valence-corrected chi connectivity index (χ1v) is 5.51. The summed E-state index contributed by atoms with van der Waals surface area (Å²) in [5.41, 5.74) is 5.60. The molecule has 1 rings (SSSR count). The van der Waals surface area contributed by atoms with Gasteiger partial charge in [-0.2, -0.15) is 0 Å². The van der Waals surface area contributed by atoms with Crippen LogP contribution in [0, 0.1) is 0 Å². The molecule has 1 nitrogen and oxygen atoms in total. The van der Waals surface area contributed by atoms with Crippen molar-refractivity contribution < 1.29 is 4.39 Å². The van der Waals surface area contributed by atoms with Crippen molar-refractivity contribution in [3.05, 3.63) is 34.3 Å². The second-order valence-corrected chi connectivity index (χ2v) is 4.55. The van der Waals surface area contributed by atoms with E-state index in [1.807, 2.05) is 12.1 Å². The molecule has 0 aliphatic carbocycles. The maximum atomic E-state index is 14.0. The fourth-order valence-corrected chi connectivity index (χ4v) is 2.15. The van der Waals surface area contributed by atoms with E-state index >= 15 is 0 Å². The normalized spacial score (nSPS) is 11.8. The first-order chi connectivity index (χ1) is 6.96. The van der Waals surface area contributed by atoms with Crippen molar-refractivity contribution >= 4 is 11.6 Å². The van der Waals surface area contributed by atoms with Gasteiger partial charge in [0.25, 0.3) is 0 Å². The highest BCUT2D eigenvalue weighted by Gasteiger charge is 2.24. The third kappa shape index (κ3) is 3.18. The van der Waals surface area contributed by atoms with Crippen molar-refractivity contribution in [2.24, 2.45) is 5.73 Å². The molecule has 3 heteroatoms. The van der Waals surface area contributed by atoms with Gasteiger partial charge < -0.3 is 5.73 Å². The Balaban J connectivity index is 3.09. The second-order valence-electron chi connectivity index (χ2n) is 4.14. The predicted molar refractivity (Wildman–Crippen MR) is 63.0 cm³/mol. The van der Waals surface area contributed by atoms with Gasteiger partial charge in [0.1, 0.15) is 5.67 Å². The number of aryl methyl sites for hydroxylation is 1. The van der Waals surface area contributed by atoms with Crippen molar-refractivity contribution in [2.75, 3.05) is 6.54 Å². The van der Waals surface area contributed by atoms with Gasteiger partial charge in [0.2, 0.25) is 0 Å². The molecule has 0 atom stereocenters. The predicted octanol–water partition coefficient (Wildman–Crippen LogP) is 3.44. The molecule has 0 radical (unpaired) electrons. The van der Waals surface area contributed by atoms with E-state index in [0.29, 0.717) is 17.1 Å². The highest BCUT2D eigenvalue weighted by atomic mass is 35.5. The van der Waals surface area contributed by atoms with Gasteiger partial charge in [0.15, 0.2) is 0 Å². The van der Waals surface area contributed by atoms with Gasteiger partial charge in [0.05, 0.1) is 0 Å². The van der Waals surface area contributed by atoms with Crippen LogP contribution in [0.15, 0.2) is 18.2 Å². The molecular weight excluding hydrogens is 213 g/mol. The van der Waals surface area contributed by atoms with Crippen LogP contribution in [0.2, 0.25) is 5.02 Å². The standard InChI is InChI=1S/C12H17ClFN/c1-12(2,14)11-9(6-4-8-15)5-3-7-10(11)13/h3,5,7H,4,6,8,15H2,1-2H3. The summed E-state index contributed by atoms with van der Waals surface area (Å²) in [5.74, 6) is 0. The molecule has 1 aromatic carbocycles. The Morgan fingerprint density at radius 2 is 2.07 bits per heavy atom. The van der Waals surface area contributed by atoms with E-state index in [1.165, 1.54) is 13.8 Å². The Morgan fingerprint density at radius 3 is 2.60 bits per heavy atom. The summed E-state index contributed by atoms with van der Waals surface area (Å²) < 4.78 is 14.0. The van der Waals surface area contributed by atoms with Crippen molar-refractivity contribution in [3.8, 4) is 0 Å². The third-order valence-electron chi connectivity index (χ3n) is 2.34. The lowest BCUT2D eigenvalue weighted by atomic mass is 9.92. The number of nitrogens with two attached hydrogens (primary N) is 1. The van der Waals surface area contributed by atoms with E-state index < -0.39 is 5.67 Å². The summed E-state index contributed by atoms with van der Waals surface area (Å²) in [6, 6.07) is 5.49. The number of alkyl halides is 1. The lowest BCUT2D eigenvalue weighted by molar-refractivity contribution is 0.220. The molecule has 0 spiro atoms. The fourth-order valence-electron chi connectivity index (χ4n) is 1.74. The molecule has 0 heterocycles. The summed E-state index contributed by atoms with van der Waals surface area (Å²) in [4.78, 5) is 0. The molecule has 2 N–H and O–H groups in total. The van der Waals surface area contributed by atoms with Crippen LogP contribution in [0.4, 0.5) is 4.39 Å². The number of halogens is 2. The average Bonchev–Trinajstić information content (AvgIpc) is 2.12. The second kappa shape index (κ2) is 4.95. The molecule has 0 fully saturated rings. The van der Waals surface area contributed by atoms with E-state index in [2.05, 4.69) is 0 Å². The molecule has 15 heavy (non-hydrogen) atoms. The van der Waals surface area contributed by atoms with Crippen molar-refractivity contribution in [3.63, 3.8) is 0 Å². The van der Waals surface area contributed by atoms with Gasteiger partial charge in [-0.25, -0.2) is 4.39 Å². The zero-order valence-electron chi connectivity index (χ0n) is 9.19. The van der Waals surface area contributed by atoms with E-state index in [4.69, 9.17) is 17.3 Å². The summed E-state index contributed by atoms with van der Waals surface area (Å²) in [5, 5.41) is 0.497. The minimum Gasteiger partial charge on any atom is -0.330 e. The molecule has 0 aliphatic heterocycles. The summed E-state index contributed by atoms with van der Waals surface area (Å²) in [6.07, 6.45) is 1.63. The molecule has 0 unspecified atom stereocenters. The molecule has 0 saturated carbocycles. The van der Waals surface area contributed by atoms with Gasteiger partial charge >= 0.3 is 0 Å². The summed E-state index contributed by atoms with van der Waals surface area (Å²) in [6.45, 7) is 3.67.